The molecule has 0 amide bonds. The lowest BCUT2D eigenvalue weighted by atomic mass is 9.46. The lowest BCUT2D eigenvalue weighted by Crippen LogP contribution is -2.80. The number of hydrogen-bond acceptors (Lipinski definition) is 3. The van der Waals surface area contributed by atoms with Gasteiger partial charge in [0.15, 0.2) is 0 Å². The first-order valence-electron chi connectivity index (χ1n) is 8.15. The van der Waals surface area contributed by atoms with Gasteiger partial charge in [-0.2, -0.15) is 0 Å². The van der Waals surface area contributed by atoms with Gasteiger partial charge in [-0.25, -0.2) is 0 Å². The number of rotatable bonds is 3. The summed E-state index contributed by atoms with van der Waals surface area (Å²) in [6.45, 7) is 10.2. The van der Waals surface area contributed by atoms with Crippen molar-refractivity contribution in [2.24, 2.45) is 17.1 Å². The van der Waals surface area contributed by atoms with E-state index in [0.717, 1.165) is 19.2 Å². The Kier molecular flexibility index (Phi) is 3.43. The van der Waals surface area contributed by atoms with Gasteiger partial charge in [0.05, 0.1) is 6.10 Å². The molecule has 3 fully saturated rings. The summed E-state index contributed by atoms with van der Waals surface area (Å²) in [6.07, 6.45) is 6.81. The summed E-state index contributed by atoms with van der Waals surface area (Å²) in [7, 11) is 0. The van der Waals surface area contributed by atoms with Gasteiger partial charge in [0.25, 0.3) is 0 Å². The molecule has 3 rings (SSSR count). The molecule has 4 atom stereocenters. The Hall–Kier alpha value is -0.120. The molecule has 0 spiro atoms. The predicted molar refractivity (Wildman–Crippen MR) is 78.0 cm³/mol. The van der Waals surface area contributed by atoms with Gasteiger partial charge in [0, 0.05) is 36.1 Å². The van der Waals surface area contributed by atoms with Crippen LogP contribution in [0.1, 0.15) is 52.9 Å². The molecule has 0 aromatic rings. The predicted octanol–water partition coefficient (Wildman–Crippen LogP) is 2.39. The quantitative estimate of drug-likeness (QED) is 0.852. The minimum absolute atomic E-state index is 0.0458. The van der Waals surface area contributed by atoms with Crippen LogP contribution in [0.2, 0.25) is 0 Å². The van der Waals surface area contributed by atoms with Crippen LogP contribution >= 0.6 is 0 Å². The summed E-state index contributed by atoms with van der Waals surface area (Å²) in [5.41, 5.74) is 6.99. The van der Waals surface area contributed by atoms with Crippen LogP contribution in [0.4, 0.5) is 0 Å². The number of fused-ring (bicyclic) bond motifs is 1. The molecular weight excluding hydrogens is 236 g/mol. The molecule has 2 heterocycles. The lowest BCUT2D eigenvalue weighted by molar-refractivity contribution is -0.232. The molecule has 1 saturated carbocycles. The van der Waals surface area contributed by atoms with E-state index in [1.165, 1.54) is 38.6 Å². The zero-order chi connectivity index (χ0) is 13.7. The first-order chi connectivity index (χ1) is 9.00. The van der Waals surface area contributed by atoms with E-state index in [-0.39, 0.29) is 11.0 Å². The molecule has 0 bridgehead atoms. The maximum atomic E-state index is 6.91. The molecule has 0 aromatic heterocycles. The van der Waals surface area contributed by atoms with Crippen LogP contribution in [0.25, 0.3) is 0 Å². The topological polar surface area (TPSA) is 38.5 Å². The van der Waals surface area contributed by atoms with Crippen molar-refractivity contribution in [2.45, 2.75) is 70.6 Å². The minimum Gasteiger partial charge on any atom is -0.377 e. The molecule has 3 heteroatoms. The fraction of sp³-hybridized carbons (Fsp3) is 1.00. The molecule has 0 radical (unpaired) electrons. The Bertz CT molecular complexity index is 344. The molecular formula is C16H30N2O. The van der Waals surface area contributed by atoms with Crippen LogP contribution in [0.5, 0.6) is 0 Å². The lowest BCUT2D eigenvalue weighted by Gasteiger charge is -2.67. The molecule has 2 aliphatic heterocycles. The summed E-state index contributed by atoms with van der Waals surface area (Å²) in [5, 5.41) is 0. The number of ether oxygens (including phenoxy) is 1. The van der Waals surface area contributed by atoms with Crippen molar-refractivity contribution < 1.29 is 4.74 Å². The van der Waals surface area contributed by atoms with E-state index in [4.69, 9.17) is 10.5 Å². The molecule has 3 nitrogen and oxygen atoms in total. The third-order valence-electron chi connectivity index (χ3n) is 6.33. The van der Waals surface area contributed by atoms with Crippen molar-refractivity contribution in [1.82, 2.24) is 4.90 Å². The first kappa shape index (κ1) is 13.8. The minimum atomic E-state index is -0.0458. The zero-order valence-corrected chi connectivity index (χ0v) is 12.8. The number of nitrogens with zero attached hydrogens (tertiary/aromatic N) is 1. The second-order valence-electron chi connectivity index (χ2n) is 7.48. The zero-order valence-electron chi connectivity index (χ0n) is 12.8. The third kappa shape index (κ3) is 1.89. The summed E-state index contributed by atoms with van der Waals surface area (Å²) >= 11 is 0. The van der Waals surface area contributed by atoms with Crippen molar-refractivity contribution in [1.29, 1.82) is 0 Å². The van der Waals surface area contributed by atoms with Crippen LogP contribution in [0, 0.1) is 11.3 Å². The normalized spacial score (nSPS) is 45.8. The Morgan fingerprint density at radius 2 is 2.05 bits per heavy atom. The van der Waals surface area contributed by atoms with Gasteiger partial charge in [-0.1, -0.05) is 20.8 Å². The Morgan fingerprint density at radius 1 is 1.26 bits per heavy atom. The van der Waals surface area contributed by atoms with E-state index in [0.29, 0.717) is 12.0 Å². The van der Waals surface area contributed by atoms with Gasteiger partial charge >= 0.3 is 0 Å². The monoisotopic (exact) mass is 266 g/mol. The molecule has 0 aromatic carbocycles. The average molecular weight is 266 g/mol. The summed E-state index contributed by atoms with van der Waals surface area (Å²) in [5.74, 6) is 0.578. The summed E-state index contributed by atoms with van der Waals surface area (Å²) < 4.78 is 6.01. The smallest absolute Gasteiger partial charge is 0.0690 e. The Labute approximate surface area is 117 Å². The van der Waals surface area contributed by atoms with Crippen LogP contribution in [-0.2, 0) is 4.74 Å². The van der Waals surface area contributed by atoms with Crippen LogP contribution < -0.4 is 5.73 Å². The maximum absolute atomic E-state index is 6.91. The standard InChI is InChI=1S/C16H30N2O/c1-4-12-7-5-9-18(12)11-16(17)13-8-6-10-19-14(13)15(16,2)3/h12-14H,4-11,17H2,1-3H3. The van der Waals surface area contributed by atoms with E-state index in [1.54, 1.807) is 0 Å². The van der Waals surface area contributed by atoms with Gasteiger partial charge in [-0.15, -0.1) is 0 Å². The highest BCUT2D eigenvalue weighted by molar-refractivity contribution is 5.21. The molecule has 110 valence electrons. The van der Waals surface area contributed by atoms with Gasteiger partial charge in [0.2, 0.25) is 0 Å². The fourth-order valence-electron chi connectivity index (χ4n) is 4.89. The molecule has 19 heavy (non-hydrogen) atoms. The Balaban J connectivity index is 1.75. The number of likely N-dealkylation sites (tertiary alicyclic amines) is 1. The molecule has 3 aliphatic rings. The van der Waals surface area contributed by atoms with Crippen LogP contribution in [0.15, 0.2) is 0 Å². The van der Waals surface area contributed by atoms with Crippen molar-refractivity contribution in [2.75, 3.05) is 19.7 Å². The highest BCUT2D eigenvalue weighted by atomic mass is 16.5. The molecule has 1 aliphatic carbocycles. The highest BCUT2D eigenvalue weighted by Crippen LogP contribution is 2.57. The van der Waals surface area contributed by atoms with Crippen molar-refractivity contribution >= 4 is 0 Å². The number of hydrogen-bond donors (Lipinski definition) is 1. The third-order valence-corrected chi connectivity index (χ3v) is 6.33. The van der Waals surface area contributed by atoms with E-state index in [2.05, 4.69) is 25.7 Å². The molecule has 2 saturated heterocycles. The SMILES string of the molecule is CCC1CCCN1CC1(N)C2CCCOC2C1(C)C. The second-order valence-corrected chi connectivity index (χ2v) is 7.48. The van der Waals surface area contributed by atoms with Crippen molar-refractivity contribution in [3.63, 3.8) is 0 Å². The molecule has 4 unspecified atom stereocenters. The van der Waals surface area contributed by atoms with Gasteiger partial charge in [-0.05, 0) is 38.6 Å². The Morgan fingerprint density at radius 3 is 2.79 bits per heavy atom. The van der Waals surface area contributed by atoms with E-state index >= 15 is 0 Å². The first-order valence-corrected chi connectivity index (χ1v) is 8.15. The van der Waals surface area contributed by atoms with Crippen LogP contribution in [0.3, 0.4) is 0 Å². The van der Waals surface area contributed by atoms with Gasteiger partial charge in [-0.3, -0.25) is 4.90 Å². The fourth-order valence-corrected chi connectivity index (χ4v) is 4.89. The van der Waals surface area contributed by atoms with Gasteiger partial charge < -0.3 is 10.5 Å². The second kappa shape index (κ2) is 4.71. The van der Waals surface area contributed by atoms with E-state index < -0.39 is 0 Å². The summed E-state index contributed by atoms with van der Waals surface area (Å²) in [4.78, 5) is 2.66. The number of nitrogens with two attached hydrogens (primary N) is 1. The van der Waals surface area contributed by atoms with Crippen LogP contribution in [-0.4, -0.2) is 42.3 Å². The average Bonchev–Trinajstić information content (AvgIpc) is 2.85. The molecule has 2 N–H and O–H groups in total. The van der Waals surface area contributed by atoms with Gasteiger partial charge in [0.1, 0.15) is 0 Å². The van der Waals surface area contributed by atoms with E-state index in [9.17, 15) is 0 Å². The van der Waals surface area contributed by atoms with E-state index in [1.807, 2.05) is 0 Å². The largest absolute Gasteiger partial charge is 0.377 e. The highest BCUT2D eigenvalue weighted by Gasteiger charge is 2.66. The van der Waals surface area contributed by atoms with Crippen molar-refractivity contribution in [3.05, 3.63) is 0 Å². The maximum Gasteiger partial charge on any atom is 0.0690 e. The van der Waals surface area contributed by atoms with Crippen molar-refractivity contribution in [3.8, 4) is 0 Å². The summed E-state index contributed by atoms with van der Waals surface area (Å²) in [6, 6.07) is 0.764.